The average molecular weight is 384 g/mol. The maximum Gasteiger partial charge on any atom is 0.255 e. The summed E-state index contributed by atoms with van der Waals surface area (Å²) in [6.45, 7) is 1.77. The van der Waals surface area contributed by atoms with E-state index in [1.807, 2.05) is 0 Å². The van der Waals surface area contributed by atoms with Crippen LogP contribution in [0.2, 0.25) is 5.02 Å². The zero-order chi connectivity index (χ0) is 19.0. The molecule has 0 saturated carbocycles. The SMILES string of the molecule is CC1=C(C(=O)Nc2ccccc2Cl)[C@@H](c2cccc(F)c2)n2ncnc2N1. The van der Waals surface area contributed by atoms with Crippen molar-refractivity contribution in [3.8, 4) is 0 Å². The lowest BCUT2D eigenvalue weighted by Crippen LogP contribution is -2.31. The molecule has 1 atom stereocenters. The molecule has 1 aliphatic heterocycles. The highest BCUT2D eigenvalue weighted by Gasteiger charge is 2.33. The molecule has 0 spiro atoms. The number of rotatable bonds is 3. The predicted octanol–water partition coefficient (Wildman–Crippen LogP) is 4.00. The Bertz CT molecular complexity index is 1060. The summed E-state index contributed by atoms with van der Waals surface area (Å²) in [6, 6.07) is 12.4. The number of carbonyl (C=O) groups is 1. The molecule has 4 rings (SSSR count). The number of allylic oxidation sites excluding steroid dienone is 1. The van der Waals surface area contributed by atoms with E-state index in [1.54, 1.807) is 48.0 Å². The van der Waals surface area contributed by atoms with Gasteiger partial charge in [-0.05, 0) is 36.8 Å². The van der Waals surface area contributed by atoms with Crippen molar-refractivity contribution < 1.29 is 9.18 Å². The molecule has 6 nitrogen and oxygen atoms in total. The largest absolute Gasteiger partial charge is 0.328 e. The van der Waals surface area contributed by atoms with Crippen molar-refractivity contribution >= 4 is 29.1 Å². The second-order valence-electron chi connectivity index (χ2n) is 6.08. The van der Waals surface area contributed by atoms with E-state index in [0.717, 1.165) is 0 Å². The molecule has 0 unspecified atom stereocenters. The van der Waals surface area contributed by atoms with E-state index < -0.39 is 11.9 Å². The molecule has 0 saturated heterocycles. The zero-order valence-electron chi connectivity index (χ0n) is 14.3. The minimum absolute atomic E-state index is 0.358. The smallest absolute Gasteiger partial charge is 0.255 e. The van der Waals surface area contributed by atoms with Crippen LogP contribution >= 0.6 is 11.6 Å². The molecule has 2 N–H and O–H groups in total. The maximum absolute atomic E-state index is 13.9. The third kappa shape index (κ3) is 3.17. The monoisotopic (exact) mass is 383 g/mol. The Balaban J connectivity index is 1.79. The Morgan fingerprint density at radius 3 is 2.85 bits per heavy atom. The van der Waals surface area contributed by atoms with E-state index >= 15 is 0 Å². The second-order valence-corrected chi connectivity index (χ2v) is 6.49. The first kappa shape index (κ1) is 17.2. The molecule has 0 bridgehead atoms. The molecule has 2 aromatic carbocycles. The van der Waals surface area contributed by atoms with Crippen LogP contribution < -0.4 is 10.6 Å². The first-order valence-electron chi connectivity index (χ1n) is 8.23. The number of anilines is 2. The lowest BCUT2D eigenvalue weighted by Gasteiger charge is -2.28. The number of nitrogens with zero attached hydrogens (tertiary/aromatic N) is 3. The highest BCUT2D eigenvalue weighted by molar-refractivity contribution is 6.33. The predicted molar refractivity (Wildman–Crippen MR) is 101 cm³/mol. The fourth-order valence-electron chi connectivity index (χ4n) is 3.12. The number of hydrogen-bond acceptors (Lipinski definition) is 4. The summed E-state index contributed by atoms with van der Waals surface area (Å²) in [4.78, 5) is 17.3. The summed E-state index contributed by atoms with van der Waals surface area (Å²) in [7, 11) is 0. The number of nitrogens with one attached hydrogen (secondary N) is 2. The molecule has 1 amide bonds. The lowest BCUT2D eigenvalue weighted by molar-refractivity contribution is -0.113. The molecule has 0 fully saturated rings. The van der Waals surface area contributed by atoms with Crippen LogP contribution in [0.15, 0.2) is 66.1 Å². The number of carbonyl (C=O) groups excluding carboxylic acids is 1. The number of hydrogen-bond donors (Lipinski definition) is 2. The highest BCUT2D eigenvalue weighted by atomic mass is 35.5. The van der Waals surface area contributed by atoms with Crippen LogP contribution in [0.5, 0.6) is 0 Å². The zero-order valence-corrected chi connectivity index (χ0v) is 15.0. The molecule has 1 aromatic heterocycles. The Kier molecular flexibility index (Phi) is 4.37. The van der Waals surface area contributed by atoms with Crippen molar-refractivity contribution in [1.29, 1.82) is 0 Å². The van der Waals surface area contributed by atoms with E-state index in [2.05, 4.69) is 20.7 Å². The van der Waals surface area contributed by atoms with Crippen LogP contribution in [-0.4, -0.2) is 20.7 Å². The summed E-state index contributed by atoms with van der Waals surface area (Å²) in [5, 5.41) is 10.5. The Morgan fingerprint density at radius 2 is 2.07 bits per heavy atom. The summed E-state index contributed by atoms with van der Waals surface area (Å²) in [5.74, 6) is -0.268. The van der Waals surface area contributed by atoms with Crippen molar-refractivity contribution in [3.63, 3.8) is 0 Å². The molecular weight excluding hydrogens is 369 g/mol. The van der Waals surface area contributed by atoms with Crippen LogP contribution in [0, 0.1) is 5.82 Å². The van der Waals surface area contributed by atoms with Gasteiger partial charge in [-0.2, -0.15) is 10.1 Å². The molecule has 3 aromatic rings. The molecular formula is C19H15ClFN5O. The van der Waals surface area contributed by atoms with Gasteiger partial charge in [0, 0.05) is 5.70 Å². The summed E-state index contributed by atoms with van der Waals surface area (Å²) in [5.41, 5.74) is 2.09. The van der Waals surface area contributed by atoms with Gasteiger partial charge in [0.1, 0.15) is 18.2 Å². The Hall–Kier alpha value is -3.19. The first-order valence-corrected chi connectivity index (χ1v) is 8.61. The molecule has 0 radical (unpaired) electrons. The third-order valence-electron chi connectivity index (χ3n) is 4.33. The van der Waals surface area contributed by atoms with Crippen LogP contribution in [0.25, 0.3) is 0 Å². The lowest BCUT2D eigenvalue weighted by atomic mass is 9.95. The minimum Gasteiger partial charge on any atom is -0.328 e. The maximum atomic E-state index is 13.9. The normalized spacial score (nSPS) is 15.9. The van der Waals surface area contributed by atoms with Crippen molar-refractivity contribution in [3.05, 3.63) is 82.5 Å². The van der Waals surface area contributed by atoms with Crippen molar-refractivity contribution in [2.75, 3.05) is 10.6 Å². The quantitative estimate of drug-likeness (QED) is 0.717. The number of halogens is 2. The summed E-state index contributed by atoms with van der Waals surface area (Å²) in [6.07, 6.45) is 1.39. The molecule has 8 heteroatoms. The molecule has 0 aliphatic carbocycles. The first-order chi connectivity index (χ1) is 13.0. The fourth-order valence-corrected chi connectivity index (χ4v) is 3.31. The van der Waals surface area contributed by atoms with Gasteiger partial charge in [-0.1, -0.05) is 35.9 Å². The number of benzene rings is 2. The van der Waals surface area contributed by atoms with E-state index in [1.165, 1.54) is 18.5 Å². The van der Waals surface area contributed by atoms with Gasteiger partial charge < -0.3 is 10.6 Å². The van der Waals surface area contributed by atoms with Crippen LogP contribution in [-0.2, 0) is 4.79 Å². The van der Waals surface area contributed by atoms with Crippen LogP contribution in [0.3, 0.4) is 0 Å². The number of para-hydroxylation sites is 1. The van der Waals surface area contributed by atoms with Gasteiger partial charge in [0.25, 0.3) is 5.91 Å². The molecule has 27 heavy (non-hydrogen) atoms. The van der Waals surface area contributed by atoms with Gasteiger partial charge in [0.05, 0.1) is 16.3 Å². The van der Waals surface area contributed by atoms with Gasteiger partial charge in [0.2, 0.25) is 5.95 Å². The average Bonchev–Trinajstić information content (AvgIpc) is 3.10. The summed E-state index contributed by atoms with van der Waals surface area (Å²) < 4.78 is 15.4. The van der Waals surface area contributed by atoms with Gasteiger partial charge >= 0.3 is 0 Å². The van der Waals surface area contributed by atoms with Crippen molar-refractivity contribution in [1.82, 2.24) is 14.8 Å². The van der Waals surface area contributed by atoms with Gasteiger partial charge in [0.15, 0.2) is 0 Å². The van der Waals surface area contributed by atoms with Gasteiger partial charge in [-0.15, -0.1) is 0 Å². The van der Waals surface area contributed by atoms with E-state index in [4.69, 9.17) is 11.6 Å². The van der Waals surface area contributed by atoms with Gasteiger partial charge in [-0.25, -0.2) is 9.07 Å². The number of amides is 1. The highest BCUT2D eigenvalue weighted by Crippen LogP contribution is 2.35. The van der Waals surface area contributed by atoms with E-state index in [0.29, 0.717) is 33.5 Å². The number of aromatic nitrogens is 3. The van der Waals surface area contributed by atoms with E-state index in [-0.39, 0.29) is 5.91 Å². The Morgan fingerprint density at radius 1 is 1.26 bits per heavy atom. The second kappa shape index (κ2) is 6.85. The third-order valence-corrected chi connectivity index (χ3v) is 4.66. The fraction of sp³-hybridized carbons (Fsp3) is 0.105. The van der Waals surface area contributed by atoms with Crippen LogP contribution in [0.1, 0.15) is 18.5 Å². The van der Waals surface area contributed by atoms with Crippen LogP contribution in [0.4, 0.5) is 16.0 Å². The summed E-state index contributed by atoms with van der Waals surface area (Å²) >= 11 is 6.16. The molecule has 2 heterocycles. The van der Waals surface area contributed by atoms with Gasteiger partial charge in [-0.3, -0.25) is 4.79 Å². The minimum atomic E-state index is -0.623. The van der Waals surface area contributed by atoms with Crippen molar-refractivity contribution in [2.24, 2.45) is 0 Å². The Labute approximate surface area is 159 Å². The molecule has 1 aliphatic rings. The number of fused-ring (bicyclic) bond motifs is 1. The molecule has 136 valence electrons. The van der Waals surface area contributed by atoms with Crippen molar-refractivity contribution in [2.45, 2.75) is 13.0 Å². The standard InChI is InChI=1S/C19H15ClFN5O/c1-11-16(18(27)25-15-8-3-2-7-14(15)20)17(12-5-4-6-13(21)9-12)26-19(24-11)22-10-23-26/h2-10,17H,1H3,(H,25,27)(H,22,23,24)/t17-/m1/s1. The van der Waals surface area contributed by atoms with E-state index in [9.17, 15) is 9.18 Å². The topological polar surface area (TPSA) is 71.8 Å².